The van der Waals surface area contributed by atoms with E-state index in [1.54, 1.807) is 6.07 Å². The van der Waals surface area contributed by atoms with Crippen molar-refractivity contribution in [2.24, 2.45) is 0 Å². The summed E-state index contributed by atoms with van der Waals surface area (Å²) in [4.78, 5) is 11.1. The molecule has 0 bridgehead atoms. The Kier molecular flexibility index (Phi) is 5.30. The molecule has 0 fully saturated rings. The molecule has 0 aromatic heterocycles. The molecule has 7 nitrogen and oxygen atoms in total. The van der Waals surface area contributed by atoms with E-state index in [9.17, 15) is 27.1 Å². The number of hydrogen-bond donors (Lipinski definition) is 1. The van der Waals surface area contributed by atoms with Crippen molar-refractivity contribution < 1.29 is 36.6 Å². The van der Waals surface area contributed by atoms with E-state index in [4.69, 9.17) is 14.7 Å². The van der Waals surface area contributed by atoms with Crippen LogP contribution in [0.5, 0.6) is 11.5 Å². The van der Waals surface area contributed by atoms with Crippen molar-refractivity contribution in [1.82, 2.24) is 0 Å². The molecule has 0 spiro atoms. The predicted molar refractivity (Wildman–Crippen MR) is 95.1 cm³/mol. The molecule has 0 saturated carbocycles. The molecule has 0 amide bonds. The van der Waals surface area contributed by atoms with Gasteiger partial charge in [0.05, 0.1) is 16.5 Å². The first-order valence-electron chi connectivity index (χ1n) is 8.27. The summed E-state index contributed by atoms with van der Waals surface area (Å²) >= 11 is 0. The lowest BCUT2D eigenvalue weighted by molar-refractivity contribution is -0.151. The Morgan fingerprint density at radius 1 is 1.24 bits per heavy atom. The molecule has 3 unspecified atom stereocenters. The smallest absolute Gasteiger partial charge is 0.303 e. The van der Waals surface area contributed by atoms with Crippen molar-refractivity contribution in [2.75, 3.05) is 6.26 Å². The first-order valence-corrected chi connectivity index (χ1v) is 10.2. The van der Waals surface area contributed by atoms with Crippen LogP contribution in [0.4, 0.5) is 8.78 Å². The number of rotatable bonds is 4. The molecule has 1 aliphatic carbocycles. The van der Waals surface area contributed by atoms with Gasteiger partial charge < -0.3 is 14.6 Å². The molecule has 0 saturated heterocycles. The summed E-state index contributed by atoms with van der Waals surface area (Å²) in [6.07, 6.45) is -4.76. The van der Waals surface area contributed by atoms with Crippen LogP contribution in [0.2, 0.25) is 0 Å². The number of hydrogen-bond acceptors (Lipinski definition) is 7. The maximum Gasteiger partial charge on any atom is 0.303 e. The van der Waals surface area contributed by atoms with Gasteiger partial charge in [0, 0.05) is 30.4 Å². The normalized spacial score (nSPS) is 20.6. The van der Waals surface area contributed by atoms with E-state index in [1.165, 1.54) is 12.1 Å². The van der Waals surface area contributed by atoms with Crippen LogP contribution in [0.25, 0.3) is 0 Å². The molecule has 10 heteroatoms. The lowest BCUT2D eigenvalue weighted by atomic mass is 10.1. The Bertz CT molecular complexity index is 1140. The van der Waals surface area contributed by atoms with Gasteiger partial charge in [-0.15, -0.1) is 0 Å². The van der Waals surface area contributed by atoms with Crippen molar-refractivity contribution in [1.29, 1.82) is 5.26 Å². The fourth-order valence-electron chi connectivity index (χ4n) is 3.21. The third-order valence-electron chi connectivity index (χ3n) is 4.30. The van der Waals surface area contributed by atoms with Gasteiger partial charge in [-0.2, -0.15) is 5.26 Å². The number of sulfone groups is 1. The van der Waals surface area contributed by atoms with Gasteiger partial charge in [0.2, 0.25) is 0 Å². The molecule has 3 atom stereocenters. The largest absolute Gasteiger partial charge is 0.457 e. The fourth-order valence-corrected chi connectivity index (χ4v) is 4.15. The SMILES string of the molecule is CC(=O)OC1c2c(S(C)(=O)=O)ccc(Oc3cc(F)cc(C#N)c3)c2C(O)C1F. The summed E-state index contributed by atoms with van der Waals surface area (Å²) in [5.41, 5.74) is -0.502. The number of fused-ring (bicyclic) bond motifs is 1. The zero-order chi connectivity index (χ0) is 21.5. The monoisotopic (exact) mass is 423 g/mol. The van der Waals surface area contributed by atoms with Gasteiger partial charge >= 0.3 is 5.97 Å². The number of esters is 1. The maximum atomic E-state index is 14.7. The minimum absolute atomic E-state index is 0.0360. The minimum Gasteiger partial charge on any atom is -0.457 e. The van der Waals surface area contributed by atoms with Crippen LogP contribution in [-0.2, 0) is 19.4 Å². The zero-order valence-electron chi connectivity index (χ0n) is 15.2. The van der Waals surface area contributed by atoms with Gasteiger partial charge in [0.1, 0.15) is 23.4 Å². The molecule has 2 aromatic carbocycles. The second kappa shape index (κ2) is 7.42. The van der Waals surface area contributed by atoms with E-state index in [2.05, 4.69) is 0 Å². The fraction of sp³-hybridized carbons (Fsp3) is 0.263. The van der Waals surface area contributed by atoms with Gasteiger partial charge in [0.25, 0.3) is 0 Å². The molecule has 2 aromatic rings. The highest BCUT2D eigenvalue weighted by atomic mass is 32.2. The quantitative estimate of drug-likeness (QED) is 0.752. The second-order valence-corrected chi connectivity index (χ2v) is 8.45. The Morgan fingerprint density at radius 3 is 2.52 bits per heavy atom. The number of aliphatic hydroxyl groups is 1. The van der Waals surface area contributed by atoms with Crippen molar-refractivity contribution >= 4 is 15.8 Å². The van der Waals surface area contributed by atoms with E-state index in [0.717, 1.165) is 31.4 Å². The average molecular weight is 423 g/mol. The number of nitrogens with zero attached hydrogens (tertiary/aromatic N) is 1. The van der Waals surface area contributed by atoms with E-state index in [1.807, 2.05) is 0 Å². The van der Waals surface area contributed by atoms with E-state index in [0.29, 0.717) is 0 Å². The second-order valence-electron chi connectivity index (χ2n) is 6.47. The first-order chi connectivity index (χ1) is 13.5. The Hall–Kier alpha value is -3.03. The Labute approximate surface area is 165 Å². The van der Waals surface area contributed by atoms with E-state index >= 15 is 0 Å². The van der Waals surface area contributed by atoms with E-state index in [-0.39, 0.29) is 33.1 Å². The standard InChI is InChI=1S/C19H15F2NO6S/c1-9(23)27-19-16-14(29(2,25)26)4-3-13(15(16)18(24)17(19)21)28-12-6-10(8-22)5-11(20)7-12/h3-7,17-19,24H,1-2H3. The van der Waals surface area contributed by atoms with Crippen LogP contribution >= 0.6 is 0 Å². The third-order valence-corrected chi connectivity index (χ3v) is 5.45. The number of ether oxygens (including phenoxy) is 2. The molecule has 3 rings (SSSR count). The summed E-state index contributed by atoms with van der Waals surface area (Å²) in [5.74, 6) is -1.90. The number of benzene rings is 2. The lowest BCUT2D eigenvalue weighted by Gasteiger charge is -2.17. The average Bonchev–Trinajstić information content (AvgIpc) is 2.85. The van der Waals surface area contributed by atoms with Crippen LogP contribution in [0.1, 0.15) is 35.8 Å². The summed E-state index contributed by atoms with van der Waals surface area (Å²) in [6, 6.07) is 7.22. The van der Waals surface area contributed by atoms with Crippen LogP contribution < -0.4 is 4.74 Å². The van der Waals surface area contributed by atoms with Gasteiger partial charge in [-0.3, -0.25) is 4.79 Å². The van der Waals surface area contributed by atoms with Gasteiger partial charge in [-0.25, -0.2) is 17.2 Å². The molecular weight excluding hydrogens is 408 g/mol. The molecule has 0 aliphatic heterocycles. The zero-order valence-corrected chi connectivity index (χ0v) is 16.0. The van der Waals surface area contributed by atoms with Crippen molar-refractivity contribution in [3.05, 3.63) is 52.8 Å². The highest BCUT2D eigenvalue weighted by Gasteiger charge is 2.47. The molecule has 1 aliphatic rings. The van der Waals surface area contributed by atoms with Gasteiger partial charge in [-0.1, -0.05) is 0 Å². The third kappa shape index (κ3) is 3.92. The number of halogens is 2. The lowest BCUT2D eigenvalue weighted by Crippen LogP contribution is -2.19. The summed E-state index contributed by atoms with van der Waals surface area (Å²) in [5, 5.41) is 19.3. The van der Waals surface area contributed by atoms with E-state index < -0.39 is 40.0 Å². The van der Waals surface area contributed by atoms with Crippen molar-refractivity contribution in [3.63, 3.8) is 0 Å². The minimum atomic E-state index is -3.88. The highest BCUT2D eigenvalue weighted by molar-refractivity contribution is 7.90. The number of nitriles is 1. The number of aliphatic hydroxyl groups excluding tert-OH is 1. The van der Waals surface area contributed by atoms with Gasteiger partial charge in [-0.05, 0) is 24.3 Å². The molecule has 0 radical (unpaired) electrons. The molecule has 0 heterocycles. The van der Waals surface area contributed by atoms with Crippen LogP contribution in [0.15, 0.2) is 35.2 Å². The Balaban J connectivity index is 2.20. The molecule has 29 heavy (non-hydrogen) atoms. The number of carbonyl (C=O) groups excluding carboxylic acids is 1. The van der Waals surface area contributed by atoms with Crippen molar-refractivity contribution in [3.8, 4) is 17.6 Å². The number of alkyl halides is 1. The Morgan fingerprint density at radius 2 is 1.93 bits per heavy atom. The summed E-state index contributed by atoms with van der Waals surface area (Å²) in [7, 11) is -3.88. The summed E-state index contributed by atoms with van der Waals surface area (Å²) in [6.45, 7) is 1.02. The molecule has 1 N–H and O–H groups in total. The van der Waals surface area contributed by atoms with Gasteiger partial charge in [0.15, 0.2) is 22.1 Å². The highest BCUT2D eigenvalue weighted by Crippen LogP contribution is 2.50. The molecule has 152 valence electrons. The summed E-state index contributed by atoms with van der Waals surface area (Å²) < 4.78 is 63.2. The van der Waals surface area contributed by atoms with Crippen molar-refractivity contribution in [2.45, 2.75) is 30.2 Å². The van der Waals surface area contributed by atoms with Crippen LogP contribution in [-0.4, -0.2) is 31.9 Å². The maximum absolute atomic E-state index is 14.7. The predicted octanol–water partition coefficient (Wildman–Crippen LogP) is 2.88. The topological polar surface area (TPSA) is 114 Å². The van der Waals surface area contributed by atoms with Crippen LogP contribution in [0, 0.1) is 17.1 Å². The van der Waals surface area contributed by atoms with Crippen LogP contribution in [0.3, 0.4) is 0 Å². The number of carbonyl (C=O) groups is 1. The first kappa shape index (κ1) is 20.7. The molecular formula is C19H15F2NO6S.